The largest absolute Gasteiger partial charge is 0.448 e. The van der Waals surface area contributed by atoms with E-state index >= 15 is 0 Å². The van der Waals surface area contributed by atoms with Crippen LogP contribution in [0, 0.1) is 0 Å². The molecular formula is C18H18N2O4. The van der Waals surface area contributed by atoms with E-state index in [1.807, 2.05) is 24.3 Å². The Kier molecular flexibility index (Phi) is 4.20. The minimum atomic E-state index is -0.910. The second-order valence-corrected chi connectivity index (χ2v) is 5.77. The summed E-state index contributed by atoms with van der Waals surface area (Å²) in [6, 6.07) is 9.12. The molecule has 1 aliphatic heterocycles. The monoisotopic (exact) mass is 326 g/mol. The Bertz CT molecular complexity index is 809. The number of hydrogen-bond donors (Lipinski definition) is 1. The summed E-state index contributed by atoms with van der Waals surface area (Å²) in [4.78, 5) is 40.3. The number of fused-ring (bicyclic) bond motifs is 1. The Labute approximate surface area is 139 Å². The van der Waals surface area contributed by atoms with E-state index < -0.39 is 12.1 Å². The maximum atomic E-state index is 12.6. The molecule has 0 unspecified atom stereocenters. The first kappa shape index (κ1) is 16.0. The SMILES string of the molecule is CC(=O)c1c[nH]c(C(=O)O[C@@H](C)C(=O)N2CCc3ccccc32)c1. The first-order chi connectivity index (χ1) is 11.5. The zero-order chi connectivity index (χ0) is 17.3. The summed E-state index contributed by atoms with van der Waals surface area (Å²) in [5.41, 5.74) is 2.53. The number of anilines is 1. The van der Waals surface area contributed by atoms with E-state index in [0.717, 1.165) is 17.7 Å². The lowest BCUT2D eigenvalue weighted by atomic mass is 10.2. The summed E-state index contributed by atoms with van der Waals surface area (Å²) in [7, 11) is 0. The Balaban J connectivity index is 1.68. The van der Waals surface area contributed by atoms with Crippen LogP contribution in [-0.2, 0) is 16.0 Å². The number of ether oxygens (including phenoxy) is 1. The lowest BCUT2D eigenvalue weighted by Gasteiger charge is -2.21. The van der Waals surface area contributed by atoms with Crippen molar-refractivity contribution in [1.82, 2.24) is 4.98 Å². The third kappa shape index (κ3) is 2.95. The van der Waals surface area contributed by atoms with Crippen molar-refractivity contribution in [2.75, 3.05) is 11.4 Å². The number of aromatic amines is 1. The highest BCUT2D eigenvalue weighted by Gasteiger charge is 2.30. The number of ketones is 1. The average molecular weight is 326 g/mol. The number of nitrogens with zero attached hydrogens (tertiary/aromatic N) is 1. The highest BCUT2D eigenvalue weighted by molar-refractivity contribution is 6.01. The van der Waals surface area contributed by atoms with Crippen LogP contribution < -0.4 is 4.90 Å². The zero-order valence-electron chi connectivity index (χ0n) is 13.5. The number of benzene rings is 1. The Hall–Kier alpha value is -2.89. The van der Waals surface area contributed by atoms with Gasteiger partial charge in [0.25, 0.3) is 5.91 Å². The van der Waals surface area contributed by atoms with Gasteiger partial charge < -0.3 is 14.6 Å². The molecule has 0 fully saturated rings. The molecule has 0 saturated carbocycles. The van der Waals surface area contributed by atoms with Crippen LogP contribution in [0.2, 0.25) is 0 Å². The molecule has 6 heteroatoms. The molecule has 2 aromatic rings. The number of para-hydroxylation sites is 1. The predicted octanol–water partition coefficient (Wildman–Crippen LogP) is 2.35. The molecule has 3 rings (SSSR count). The number of esters is 1. The predicted molar refractivity (Wildman–Crippen MR) is 88.2 cm³/mol. The molecule has 1 N–H and O–H groups in total. The number of H-pyrrole nitrogens is 1. The van der Waals surface area contributed by atoms with Crippen LogP contribution in [0.4, 0.5) is 5.69 Å². The van der Waals surface area contributed by atoms with Crippen LogP contribution in [0.3, 0.4) is 0 Å². The van der Waals surface area contributed by atoms with Crippen LogP contribution in [0.25, 0.3) is 0 Å². The second-order valence-electron chi connectivity index (χ2n) is 5.77. The van der Waals surface area contributed by atoms with Gasteiger partial charge in [0.1, 0.15) is 5.69 Å². The van der Waals surface area contributed by atoms with Crippen LogP contribution in [0.15, 0.2) is 36.5 Å². The van der Waals surface area contributed by atoms with Crippen LogP contribution in [-0.4, -0.2) is 35.3 Å². The van der Waals surface area contributed by atoms with Crippen molar-refractivity contribution in [3.05, 3.63) is 53.3 Å². The maximum absolute atomic E-state index is 12.6. The Morgan fingerprint density at radius 2 is 2.00 bits per heavy atom. The number of hydrogen-bond acceptors (Lipinski definition) is 4. The fraction of sp³-hybridized carbons (Fsp3) is 0.278. The van der Waals surface area contributed by atoms with Gasteiger partial charge in [0, 0.05) is 24.0 Å². The van der Waals surface area contributed by atoms with Crippen molar-refractivity contribution in [2.24, 2.45) is 0 Å². The van der Waals surface area contributed by atoms with Gasteiger partial charge in [-0.3, -0.25) is 9.59 Å². The van der Waals surface area contributed by atoms with Crippen molar-refractivity contribution in [3.63, 3.8) is 0 Å². The number of carbonyl (C=O) groups excluding carboxylic acids is 3. The first-order valence-corrected chi connectivity index (χ1v) is 7.77. The van der Waals surface area contributed by atoms with Crippen molar-refractivity contribution in [1.29, 1.82) is 0 Å². The minimum absolute atomic E-state index is 0.150. The molecule has 24 heavy (non-hydrogen) atoms. The van der Waals surface area contributed by atoms with Crippen LogP contribution >= 0.6 is 0 Å². The van der Waals surface area contributed by atoms with Gasteiger partial charge in [-0.05, 0) is 38.0 Å². The fourth-order valence-corrected chi connectivity index (χ4v) is 2.78. The minimum Gasteiger partial charge on any atom is -0.448 e. The van der Waals surface area contributed by atoms with Crippen molar-refractivity contribution in [2.45, 2.75) is 26.4 Å². The zero-order valence-corrected chi connectivity index (χ0v) is 13.5. The van der Waals surface area contributed by atoms with Crippen LogP contribution in [0.1, 0.15) is 40.3 Å². The average Bonchev–Trinajstić information content (AvgIpc) is 3.21. The van der Waals surface area contributed by atoms with Gasteiger partial charge in [0.05, 0.1) is 0 Å². The van der Waals surface area contributed by atoms with Crippen molar-refractivity contribution >= 4 is 23.3 Å². The van der Waals surface area contributed by atoms with E-state index in [1.54, 1.807) is 11.8 Å². The Morgan fingerprint density at radius 3 is 2.71 bits per heavy atom. The summed E-state index contributed by atoms with van der Waals surface area (Å²) in [5, 5.41) is 0. The van der Waals surface area contributed by atoms with Gasteiger partial charge in [-0.25, -0.2) is 4.79 Å². The summed E-state index contributed by atoms with van der Waals surface area (Å²) in [6.45, 7) is 3.54. The molecule has 2 heterocycles. The number of aromatic nitrogens is 1. The molecule has 0 saturated heterocycles. The maximum Gasteiger partial charge on any atom is 0.355 e. The van der Waals surface area contributed by atoms with Gasteiger partial charge in [0.2, 0.25) is 0 Å². The molecule has 6 nitrogen and oxygen atoms in total. The van der Waals surface area contributed by atoms with E-state index in [9.17, 15) is 14.4 Å². The Morgan fingerprint density at radius 1 is 1.25 bits per heavy atom. The van der Waals surface area contributed by atoms with Gasteiger partial charge in [-0.15, -0.1) is 0 Å². The lowest BCUT2D eigenvalue weighted by molar-refractivity contribution is -0.126. The molecule has 0 bridgehead atoms. The van der Waals surface area contributed by atoms with Gasteiger partial charge >= 0.3 is 5.97 Å². The van der Waals surface area contributed by atoms with E-state index in [2.05, 4.69) is 4.98 Å². The third-order valence-electron chi connectivity index (χ3n) is 4.09. The summed E-state index contributed by atoms with van der Waals surface area (Å²) in [6.07, 6.45) is 1.33. The normalized spacial score (nSPS) is 14.2. The number of nitrogens with one attached hydrogen (secondary N) is 1. The van der Waals surface area contributed by atoms with E-state index in [-0.39, 0.29) is 17.4 Å². The molecular weight excluding hydrogens is 308 g/mol. The third-order valence-corrected chi connectivity index (χ3v) is 4.09. The van der Waals surface area contributed by atoms with E-state index in [1.165, 1.54) is 19.2 Å². The highest BCUT2D eigenvalue weighted by atomic mass is 16.5. The van der Waals surface area contributed by atoms with Gasteiger partial charge in [0.15, 0.2) is 11.9 Å². The quantitative estimate of drug-likeness (QED) is 0.691. The highest BCUT2D eigenvalue weighted by Crippen LogP contribution is 2.28. The lowest BCUT2D eigenvalue weighted by Crippen LogP contribution is -2.39. The summed E-state index contributed by atoms with van der Waals surface area (Å²) in [5.74, 6) is -1.06. The first-order valence-electron chi connectivity index (χ1n) is 7.77. The standard InChI is InChI=1S/C18H18N2O4/c1-11(21)14-9-15(19-10-14)18(23)24-12(2)17(22)20-8-7-13-5-3-4-6-16(13)20/h3-6,9-10,12,19H,7-8H2,1-2H3/t12-/m0/s1. The van der Waals surface area contributed by atoms with Crippen molar-refractivity contribution in [3.8, 4) is 0 Å². The molecule has 1 amide bonds. The van der Waals surface area contributed by atoms with E-state index in [4.69, 9.17) is 4.74 Å². The van der Waals surface area contributed by atoms with Gasteiger partial charge in [-0.2, -0.15) is 0 Å². The molecule has 0 radical (unpaired) electrons. The molecule has 1 aromatic heterocycles. The molecule has 1 atom stereocenters. The molecule has 124 valence electrons. The summed E-state index contributed by atoms with van der Waals surface area (Å²) < 4.78 is 5.25. The van der Waals surface area contributed by atoms with Gasteiger partial charge in [-0.1, -0.05) is 18.2 Å². The number of Topliss-reactive ketones (excluding diaryl/α,β-unsaturated/α-hetero) is 1. The number of rotatable bonds is 4. The molecule has 0 aliphatic carbocycles. The van der Waals surface area contributed by atoms with Crippen molar-refractivity contribution < 1.29 is 19.1 Å². The second kappa shape index (κ2) is 6.31. The molecule has 0 spiro atoms. The number of carbonyl (C=O) groups is 3. The number of amides is 1. The van der Waals surface area contributed by atoms with E-state index in [0.29, 0.717) is 12.1 Å². The topological polar surface area (TPSA) is 79.5 Å². The molecule has 1 aliphatic rings. The summed E-state index contributed by atoms with van der Waals surface area (Å²) >= 11 is 0. The van der Waals surface area contributed by atoms with Crippen LogP contribution in [0.5, 0.6) is 0 Å². The fourth-order valence-electron chi connectivity index (χ4n) is 2.78. The smallest absolute Gasteiger partial charge is 0.355 e. The molecule has 1 aromatic carbocycles.